The molecule has 0 bridgehead atoms. The van der Waals surface area contributed by atoms with Gasteiger partial charge in [0.2, 0.25) is 5.95 Å². The first-order valence-electron chi connectivity index (χ1n) is 16.4. The zero-order chi connectivity index (χ0) is 32.1. The molecule has 0 N–H and O–H groups in total. The van der Waals surface area contributed by atoms with E-state index in [1.54, 1.807) is 11.3 Å². The van der Waals surface area contributed by atoms with Gasteiger partial charge in [0, 0.05) is 41.9 Å². The number of hydrogen-bond acceptors (Lipinski definition) is 4. The van der Waals surface area contributed by atoms with Gasteiger partial charge in [0.25, 0.3) is 0 Å². The number of thiophene rings is 2. The number of rotatable bonds is 3. The van der Waals surface area contributed by atoms with Crippen LogP contribution in [0.25, 0.3) is 101 Å². The Hall–Kier alpha value is -5.88. The number of nitrogens with zero attached hydrogens (tertiary/aromatic N) is 3. The second-order valence-electron chi connectivity index (χ2n) is 12.5. The maximum atomic E-state index is 5.52. The smallest absolute Gasteiger partial charge is 0.235 e. The molecule has 0 saturated carbocycles. The average Bonchev–Trinajstić information content (AvgIpc) is 3.85. The van der Waals surface area contributed by atoms with E-state index < -0.39 is 0 Å². The Labute approximate surface area is 289 Å². The molecule has 0 aliphatic rings. The molecule has 11 rings (SSSR count). The second kappa shape index (κ2) is 10.3. The fourth-order valence-corrected chi connectivity index (χ4v) is 10.1. The molecule has 0 unspecified atom stereocenters. The highest BCUT2D eigenvalue weighted by atomic mass is 32.1. The van der Waals surface area contributed by atoms with E-state index in [1.165, 1.54) is 57.5 Å². The van der Waals surface area contributed by atoms with Crippen molar-refractivity contribution in [1.82, 2.24) is 14.5 Å². The molecule has 0 amide bonds. The van der Waals surface area contributed by atoms with Crippen molar-refractivity contribution in [1.29, 1.82) is 0 Å². The molecule has 7 aromatic carbocycles. The Balaban J connectivity index is 1.39. The maximum Gasteiger partial charge on any atom is 0.235 e. The van der Waals surface area contributed by atoms with Crippen LogP contribution in [0.4, 0.5) is 0 Å². The van der Waals surface area contributed by atoms with Crippen LogP contribution in [0, 0.1) is 0 Å². The summed E-state index contributed by atoms with van der Waals surface area (Å²) in [6, 6.07) is 54.4. The molecule has 49 heavy (non-hydrogen) atoms. The predicted molar refractivity (Wildman–Crippen MR) is 211 cm³/mol. The largest absolute Gasteiger partial charge is 0.276 e. The molecule has 11 aromatic rings. The van der Waals surface area contributed by atoms with Crippen LogP contribution in [0.3, 0.4) is 0 Å². The van der Waals surface area contributed by atoms with Gasteiger partial charge in [-0.2, -0.15) is 0 Å². The molecule has 0 radical (unpaired) electrons. The standard InChI is InChI=1S/C44H25N3S2/c1-3-13-26(14-4-1)28-23-24-31-34(25-28)47(41-37(31)29-17-7-8-18-30(29)38-32-19-9-11-21-35(32)48-42(38)41)44-45-39(27-15-5-2-6-16-27)43-40(46-44)33-20-10-12-22-36(33)49-43/h1-25H. The topological polar surface area (TPSA) is 30.7 Å². The zero-order valence-corrected chi connectivity index (χ0v) is 27.7. The monoisotopic (exact) mass is 659 g/mol. The molecule has 0 aliphatic heterocycles. The molecule has 0 fully saturated rings. The quantitative estimate of drug-likeness (QED) is 0.189. The van der Waals surface area contributed by atoms with Crippen molar-refractivity contribution in [2.24, 2.45) is 0 Å². The lowest BCUT2D eigenvalue weighted by Gasteiger charge is -2.12. The number of aromatic nitrogens is 3. The van der Waals surface area contributed by atoms with Crippen LogP contribution in [0.2, 0.25) is 0 Å². The van der Waals surface area contributed by atoms with E-state index in [1.807, 2.05) is 11.3 Å². The molecule has 3 nitrogen and oxygen atoms in total. The minimum atomic E-state index is 0.689. The first-order chi connectivity index (χ1) is 24.3. The molecule has 0 spiro atoms. The predicted octanol–water partition coefficient (Wildman–Crippen LogP) is 12.8. The fraction of sp³-hybridized carbons (Fsp3) is 0. The van der Waals surface area contributed by atoms with Crippen LogP contribution < -0.4 is 0 Å². The van der Waals surface area contributed by atoms with Gasteiger partial charge in [0.05, 0.1) is 31.6 Å². The minimum Gasteiger partial charge on any atom is -0.276 e. The van der Waals surface area contributed by atoms with E-state index in [4.69, 9.17) is 9.97 Å². The summed E-state index contributed by atoms with van der Waals surface area (Å²) >= 11 is 3.64. The summed E-state index contributed by atoms with van der Waals surface area (Å²) in [7, 11) is 0. The molecular weight excluding hydrogens is 635 g/mol. The Morgan fingerprint density at radius 3 is 1.78 bits per heavy atom. The van der Waals surface area contributed by atoms with E-state index in [0.29, 0.717) is 5.95 Å². The average molecular weight is 660 g/mol. The Morgan fingerprint density at radius 1 is 0.429 bits per heavy atom. The third-order valence-corrected chi connectivity index (χ3v) is 12.2. The van der Waals surface area contributed by atoms with Crippen LogP contribution in [-0.4, -0.2) is 14.5 Å². The van der Waals surface area contributed by atoms with Gasteiger partial charge >= 0.3 is 0 Å². The molecule has 4 aromatic heterocycles. The van der Waals surface area contributed by atoms with E-state index in [9.17, 15) is 0 Å². The Kier molecular flexibility index (Phi) is 5.70. The summed E-state index contributed by atoms with van der Waals surface area (Å²) in [5, 5.41) is 8.70. The lowest BCUT2D eigenvalue weighted by Crippen LogP contribution is -2.03. The Bertz CT molecular complexity index is 3100. The normalized spacial score (nSPS) is 12.1. The van der Waals surface area contributed by atoms with E-state index in [0.717, 1.165) is 37.9 Å². The molecule has 0 atom stereocenters. The van der Waals surface area contributed by atoms with Crippen molar-refractivity contribution < 1.29 is 0 Å². The van der Waals surface area contributed by atoms with Crippen molar-refractivity contribution >= 4 is 95.7 Å². The maximum absolute atomic E-state index is 5.52. The third-order valence-electron chi connectivity index (χ3n) is 9.81. The highest BCUT2D eigenvalue weighted by Crippen LogP contribution is 2.48. The van der Waals surface area contributed by atoms with Gasteiger partial charge in [-0.3, -0.25) is 4.57 Å². The highest BCUT2D eigenvalue weighted by Gasteiger charge is 2.25. The van der Waals surface area contributed by atoms with Gasteiger partial charge in [0.15, 0.2) is 0 Å². The fourth-order valence-electron chi connectivity index (χ4n) is 7.66. The van der Waals surface area contributed by atoms with E-state index in [-0.39, 0.29) is 0 Å². The summed E-state index contributed by atoms with van der Waals surface area (Å²) in [4.78, 5) is 11.0. The van der Waals surface area contributed by atoms with Crippen LogP contribution in [-0.2, 0) is 0 Å². The first-order valence-corrected chi connectivity index (χ1v) is 18.1. The van der Waals surface area contributed by atoms with Crippen molar-refractivity contribution in [3.63, 3.8) is 0 Å². The van der Waals surface area contributed by atoms with Gasteiger partial charge < -0.3 is 0 Å². The van der Waals surface area contributed by atoms with Gasteiger partial charge in [-0.15, -0.1) is 22.7 Å². The van der Waals surface area contributed by atoms with Gasteiger partial charge in [-0.1, -0.05) is 133 Å². The lowest BCUT2D eigenvalue weighted by molar-refractivity contribution is 1.02. The number of fused-ring (bicyclic) bond motifs is 13. The van der Waals surface area contributed by atoms with Gasteiger partial charge in [-0.05, 0) is 40.1 Å². The van der Waals surface area contributed by atoms with Gasteiger partial charge in [-0.25, -0.2) is 9.97 Å². The van der Waals surface area contributed by atoms with Gasteiger partial charge in [0.1, 0.15) is 0 Å². The summed E-state index contributed by atoms with van der Waals surface area (Å²) in [5.41, 5.74) is 7.65. The first kappa shape index (κ1) is 27.1. The number of hydrogen-bond donors (Lipinski definition) is 0. The summed E-state index contributed by atoms with van der Waals surface area (Å²) in [5.74, 6) is 0.689. The van der Waals surface area contributed by atoms with Crippen molar-refractivity contribution in [3.05, 3.63) is 152 Å². The Morgan fingerprint density at radius 2 is 1.02 bits per heavy atom. The van der Waals surface area contributed by atoms with Crippen molar-refractivity contribution in [2.75, 3.05) is 0 Å². The van der Waals surface area contributed by atoms with Crippen molar-refractivity contribution in [3.8, 4) is 28.3 Å². The molecule has 5 heteroatoms. The molecular formula is C44H25N3S2. The SMILES string of the molecule is c1ccc(-c2ccc3c4c5ccccc5c5c6ccccc6sc5c4n(-c4nc(-c5ccccc5)c5sc6ccccc6c5n4)c3c2)cc1. The molecule has 0 saturated heterocycles. The lowest BCUT2D eigenvalue weighted by atomic mass is 9.98. The van der Waals surface area contributed by atoms with Crippen LogP contribution in [0.1, 0.15) is 0 Å². The number of benzene rings is 7. The molecule has 0 aliphatic carbocycles. The zero-order valence-electron chi connectivity index (χ0n) is 26.1. The second-order valence-corrected chi connectivity index (χ2v) is 14.6. The minimum absolute atomic E-state index is 0.689. The third kappa shape index (κ3) is 3.88. The van der Waals surface area contributed by atoms with Crippen LogP contribution in [0.5, 0.6) is 0 Å². The van der Waals surface area contributed by atoms with Crippen LogP contribution in [0.15, 0.2) is 152 Å². The molecule has 228 valence electrons. The highest BCUT2D eigenvalue weighted by molar-refractivity contribution is 7.27. The van der Waals surface area contributed by atoms with Crippen molar-refractivity contribution in [2.45, 2.75) is 0 Å². The van der Waals surface area contributed by atoms with Crippen LogP contribution >= 0.6 is 22.7 Å². The molecule has 4 heterocycles. The summed E-state index contributed by atoms with van der Waals surface area (Å²) in [6.07, 6.45) is 0. The van der Waals surface area contributed by atoms with E-state index >= 15 is 0 Å². The summed E-state index contributed by atoms with van der Waals surface area (Å²) in [6.45, 7) is 0. The van der Waals surface area contributed by atoms with E-state index in [2.05, 4.69) is 156 Å². The summed E-state index contributed by atoms with van der Waals surface area (Å²) < 4.78 is 7.22.